The van der Waals surface area contributed by atoms with Gasteiger partial charge in [-0.2, -0.15) is 0 Å². The van der Waals surface area contributed by atoms with E-state index in [1.54, 1.807) is 24.3 Å². The van der Waals surface area contributed by atoms with Crippen LogP contribution in [0.5, 0.6) is 0 Å². The number of ether oxygens (including phenoxy) is 1. The van der Waals surface area contributed by atoms with Gasteiger partial charge in [0.15, 0.2) is 6.61 Å². The summed E-state index contributed by atoms with van der Waals surface area (Å²) in [6.45, 7) is 2.84. The molecule has 1 aliphatic heterocycles. The van der Waals surface area contributed by atoms with Crippen LogP contribution in [0.1, 0.15) is 34.0 Å². The third-order valence-corrected chi connectivity index (χ3v) is 4.79. The number of nitrogens with one attached hydrogen (secondary N) is 1. The van der Waals surface area contributed by atoms with Crippen LogP contribution in [-0.2, 0) is 32.0 Å². The maximum atomic E-state index is 12.5. The molecule has 7 nitrogen and oxygen atoms in total. The quantitative estimate of drug-likeness (QED) is 0.599. The third-order valence-electron chi connectivity index (χ3n) is 4.79. The molecule has 0 aromatic heterocycles. The first-order valence-electron chi connectivity index (χ1n) is 9.37. The summed E-state index contributed by atoms with van der Waals surface area (Å²) in [6.07, 6.45) is 0.792. The molecule has 29 heavy (non-hydrogen) atoms. The van der Waals surface area contributed by atoms with Crippen LogP contribution < -0.4 is 5.32 Å². The van der Waals surface area contributed by atoms with Gasteiger partial charge in [-0.15, -0.1) is 0 Å². The van der Waals surface area contributed by atoms with Crippen LogP contribution in [0.3, 0.4) is 0 Å². The number of nitrogens with zero attached hydrogens (tertiary/aromatic N) is 1. The zero-order chi connectivity index (χ0) is 21.0. The van der Waals surface area contributed by atoms with Crippen molar-refractivity contribution in [3.63, 3.8) is 0 Å². The first-order valence-corrected chi connectivity index (χ1v) is 9.37. The normalized spacial score (nSPS) is 13.1. The van der Waals surface area contributed by atoms with Gasteiger partial charge in [-0.3, -0.25) is 24.1 Å². The minimum atomic E-state index is -0.818. The Labute approximate surface area is 168 Å². The van der Waals surface area contributed by atoms with Crippen LogP contribution in [0, 0.1) is 6.92 Å². The molecule has 1 aliphatic rings. The second kappa shape index (κ2) is 8.68. The SMILES string of the molecule is CCc1cccc(C)c1NC(=O)COC(=O)CN1C(=O)Cc2ccccc2C1=O. The van der Waals surface area contributed by atoms with Crippen molar-refractivity contribution in [1.82, 2.24) is 4.90 Å². The molecular formula is C22H22N2O5. The summed E-state index contributed by atoms with van der Waals surface area (Å²) in [4.78, 5) is 49.8. The number of benzene rings is 2. The van der Waals surface area contributed by atoms with Gasteiger partial charge in [0.1, 0.15) is 6.54 Å². The zero-order valence-corrected chi connectivity index (χ0v) is 16.4. The van der Waals surface area contributed by atoms with Crippen LogP contribution in [0.15, 0.2) is 42.5 Å². The minimum Gasteiger partial charge on any atom is -0.454 e. The van der Waals surface area contributed by atoms with E-state index in [-0.39, 0.29) is 6.42 Å². The molecule has 1 heterocycles. The summed E-state index contributed by atoms with van der Waals surface area (Å²) < 4.78 is 4.98. The highest BCUT2D eigenvalue weighted by molar-refractivity contribution is 6.11. The third kappa shape index (κ3) is 4.51. The van der Waals surface area contributed by atoms with Crippen molar-refractivity contribution in [1.29, 1.82) is 0 Å². The molecule has 3 amide bonds. The highest BCUT2D eigenvalue weighted by atomic mass is 16.5. The highest BCUT2D eigenvalue weighted by Gasteiger charge is 2.32. The van der Waals surface area contributed by atoms with Gasteiger partial charge in [0, 0.05) is 11.3 Å². The van der Waals surface area contributed by atoms with E-state index in [0.29, 0.717) is 16.8 Å². The predicted molar refractivity (Wildman–Crippen MR) is 106 cm³/mol. The van der Waals surface area contributed by atoms with Crippen molar-refractivity contribution in [2.45, 2.75) is 26.7 Å². The number of rotatable bonds is 6. The smallest absolute Gasteiger partial charge is 0.326 e. The van der Waals surface area contributed by atoms with Crippen LogP contribution >= 0.6 is 0 Å². The number of hydrogen-bond acceptors (Lipinski definition) is 5. The lowest BCUT2D eigenvalue weighted by Gasteiger charge is -2.25. The van der Waals surface area contributed by atoms with Crippen molar-refractivity contribution in [2.24, 2.45) is 0 Å². The molecule has 0 fully saturated rings. The van der Waals surface area contributed by atoms with Crippen LogP contribution in [0.2, 0.25) is 0 Å². The lowest BCUT2D eigenvalue weighted by atomic mass is 9.98. The average molecular weight is 394 g/mol. The largest absolute Gasteiger partial charge is 0.454 e. The number of amides is 3. The summed E-state index contributed by atoms with van der Waals surface area (Å²) in [5.41, 5.74) is 3.62. The molecule has 0 radical (unpaired) electrons. The number of anilines is 1. The summed E-state index contributed by atoms with van der Waals surface area (Å²) in [6, 6.07) is 12.5. The standard InChI is InChI=1S/C22H22N2O5/c1-3-15-9-6-7-14(2)21(15)23-18(25)13-29-20(27)12-24-19(26)11-16-8-4-5-10-17(16)22(24)28/h4-10H,3,11-13H2,1-2H3,(H,23,25). The minimum absolute atomic E-state index is 0.0444. The van der Waals surface area contributed by atoms with Crippen molar-refractivity contribution >= 4 is 29.4 Å². The first kappa shape index (κ1) is 20.3. The molecule has 0 saturated heterocycles. The average Bonchev–Trinajstić information content (AvgIpc) is 2.71. The lowest BCUT2D eigenvalue weighted by Crippen LogP contribution is -2.45. The fourth-order valence-electron chi connectivity index (χ4n) is 3.26. The van der Waals surface area contributed by atoms with Gasteiger partial charge in [-0.05, 0) is 36.1 Å². The Balaban J connectivity index is 1.57. The van der Waals surface area contributed by atoms with Crippen molar-refractivity contribution in [3.8, 4) is 0 Å². The van der Waals surface area contributed by atoms with Crippen LogP contribution in [-0.4, -0.2) is 41.7 Å². The van der Waals surface area contributed by atoms with E-state index in [1.807, 2.05) is 32.0 Å². The summed E-state index contributed by atoms with van der Waals surface area (Å²) >= 11 is 0. The van der Waals surface area contributed by atoms with E-state index in [2.05, 4.69) is 5.32 Å². The molecule has 0 saturated carbocycles. The number of hydrogen-bond donors (Lipinski definition) is 1. The Morgan fingerprint density at radius 3 is 2.62 bits per heavy atom. The van der Waals surface area contributed by atoms with Crippen molar-refractivity contribution in [3.05, 3.63) is 64.7 Å². The Bertz CT molecular complexity index is 983. The summed E-state index contributed by atoms with van der Waals surface area (Å²) in [5.74, 6) is -2.31. The van der Waals surface area contributed by atoms with Crippen molar-refractivity contribution in [2.75, 3.05) is 18.5 Å². The molecule has 1 N–H and O–H groups in total. The van der Waals surface area contributed by atoms with Gasteiger partial charge in [0.25, 0.3) is 11.8 Å². The number of fused-ring (bicyclic) bond motifs is 1. The molecule has 0 atom stereocenters. The number of para-hydroxylation sites is 1. The van der Waals surface area contributed by atoms with Gasteiger partial charge in [0.05, 0.1) is 6.42 Å². The second-order valence-corrected chi connectivity index (χ2v) is 6.79. The maximum absolute atomic E-state index is 12.5. The van der Waals surface area contributed by atoms with Gasteiger partial charge in [0.2, 0.25) is 5.91 Å². The van der Waals surface area contributed by atoms with E-state index >= 15 is 0 Å². The molecule has 0 spiro atoms. The molecule has 2 aromatic carbocycles. The summed E-state index contributed by atoms with van der Waals surface area (Å²) in [5, 5.41) is 2.76. The predicted octanol–water partition coefficient (Wildman–Crippen LogP) is 2.26. The monoisotopic (exact) mass is 394 g/mol. The molecule has 150 valence electrons. The molecule has 2 aromatic rings. The molecule has 0 aliphatic carbocycles. The van der Waals surface area contributed by atoms with Gasteiger partial charge < -0.3 is 10.1 Å². The van der Waals surface area contributed by atoms with E-state index in [0.717, 1.165) is 22.4 Å². The Morgan fingerprint density at radius 2 is 1.86 bits per heavy atom. The Hall–Kier alpha value is -3.48. The molecular weight excluding hydrogens is 372 g/mol. The van der Waals surface area contributed by atoms with Crippen molar-refractivity contribution < 1.29 is 23.9 Å². The number of esters is 1. The second-order valence-electron chi connectivity index (χ2n) is 6.79. The molecule has 3 rings (SSSR count). The van der Waals surface area contributed by atoms with E-state index in [4.69, 9.17) is 4.74 Å². The van der Waals surface area contributed by atoms with Gasteiger partial charge in [-0.1, -0.05) is 43.3 Å². The topological polar surface area (TPSA) is 92.8 Å². The fraction of sp³-hybridized carbons (Fsp3) is 0.273. The fourth-order valence-corrected chi connectivity index (χ4v) is 3.26. The van der Waals surface area contributed by atoms with E-state index < -0.39 is 36.8 Å². The molecule has 0 bridgehead atoms. The molecule has 0 unspecified atom stereocenters. The number of carbonyl (C=O) groups excluding carboxylic acids is 4. The first-order chi connectivity index (χ1) is 13.9. The summed E-state index contributed by atoms with van der Waals surface area (Å²) in [7, 11) is 0. The zero-order valence-electron chi connectivity index (χ0n) is 16.4. The van der Waals surface area contributed by atoms with Crippen LogP contribution in [0.4, 0.5) is 5.69 Å². The highest BCUT2D eigenvalue weighted by Crippen LogP contribution is 2.21. The maximum Gasteiger partial charge on any atom is 0.326 e. The van der Waals surface area contributed by atoms with Gasteiger partial charge in [-0.25, -0.2) is 0 Å². The van der Waals surface area contributed by atoms with Crippen LogP contribution in [0.25, 0.3) is 0 Å². The molecule has 7 heteroatoms. The van der Waals surface area contributed by atoms with Gasteiger partial charge >= 0.3 is 5.97 Å². The lowest BCUT2D eigenvalue weighted by molar-refractivity contribution is -0.150. The number of imide groups is 1. The Kier molecular flexibility index (Phi) is 6.07. The Morgan fingerprint density at radius 1 is 1.10 bits per heavy atom. The van der Waals surface area contributed by atoms with E-state index in [1.165, 1.54) is 0 Å². The van der Waals surface area contributed by atoms with E-state index in [9.17, 15) is 19.2 Å². The number of aryl methyl sites for hydroxylation is 2. The number of carbonyl (C=O) groups is 4.